The van der Waals surface area contributed by atoms with Crippen LogP contribution in [0.1, 0.15) is 25.1 Å². The molecular weight excluding hydrogens is 392 g/mol. The number of nitrogens with zero attached hydrogens (tertiary/aromatic N) is 2. The third-order valence-electron chi connectivity index (χ3n) is 5.51. The second-order valence-electron chi connectivity index (χ2n) is 7.32. The van der Waals surface area contributed by atoms with Crippen molar-refractivity contribution in [3.63, 3.8) is 0 Å². The molecule has 0 aliphatic rings. The van der Waals surface area contributed by atoms with Crippen LogP contribution in [0.3, 0.4) is 0 Å². The first-order valence-electron chi connectivity index (χ1n) is 10.1. The second-order valence-corrected chi connectivity index (χ2v) is 7.75. The van der Waals surface area contributed by atoms with E-state index in [-0.39, 0.29) is 0 Å². The van der Waals surface area contributed by atoms with Gasteiger partial charge >= 0.3 is 0 Å². The lowest BCUT2D eigenvalue weighted by Gasteiger charge is -2.13. The molecule has 0 aliphatic heterocycles. The van der Waals surface area contributed by atoms with E-state index in [1.54, 1.807) is 0 Å². The van der Waals surface area contributed by atoms with Crippen molar-refractivity contribution in [3.05, 3.63) is 83.0 Å². The summed E-state index contributed by atoms with van der Waals surface area (Å²) in [6, 6.07) is 22.1. The largest absolute Gasteiger partial charge is 0.457 e. The molecule has 0 atom stereocenters. The minimum absolute atomic E-state index is 0.733. The Hall–Kier alpha value is -3.04. The van der Waals surface area contributed by atoms with Crippen molar-refractivity contribution < 1.29 is 4.74 Å². The van der Waals surface area contributed by atoms with Crippen LogP contribution in [0.5, 0.6) is 11.5 Å². The number of aryl methyl sites for hydroxylation is 2. The Labute approximate surface area is 182 Å². The number of fused-ring (bicyclic) bond motifs is 1. The molecule has 3 aromatic carbocycles. The number of para-hydroxylation sites is 1. The highest BCUT2D eigenvalue weighted by Crippen LogP contribution is 2.38. The van der Waals surface area contributed by atoms with Crippen LogP contribution in [0.25, 0.3) is 22.0 Å². The summed E-state index contributed by atoms with van der Waals surface area (Å²) < 4.78 is 8.29. The highest BCUT2D eigenvalue weighted by atomic mass is 35.5. The summed E-state index contributed by atoms with van der Waals surface area (Å²) in [5, 5.41) is 1.90. The summed E-state index contributed by atoms with van der Waals surface area (Å²) in [7, 11) is 1.84. The molecule has 1 aromatic heterocycles. The number of hydrogen-bond donors (Lipinski definition) is 0. The van der Waals surface area contributed by atoms with E-state index in [1.807, 2.05) is 55.6 Å². The molecule has 1 heterocycles. The van der Waals surface area contributed by atoms with Gasteiger partial charge in [0.25, 0.3) is 0 Å². The molecule has 0 N–H and O–H groups in total. The molecule has 0 unspecified atom stereocenters. The van der Waals surface area contributed by atoms with E-state index in [1.165, 1.54) is 22.2 Å². The van der Waals surface area contributed by atoms with E-state index < -0.39 is 0 Å². The van der Waals surface area contributed by atoms with Gasteiger partial charge in [-0.1, -0.05) is 41.9 Å². The van der Waals surface area contributed by atoms with Gasteiger partial charge in [-0.3, -0.25) is 4.99 Å². The molecule has 0 radical (unpaired) electrons. The molecule has 30 heavy (non-hydrogen) atoms. The molecule has 0 bridgehead atoms. The zero-order chi connectivity index (χ0) is 21.3. The number of rotatable bonds is 5. The van der Waals surface area contributed by atoms with Gasteiger partial charge in [0.2, 0.25) is 0 Å². The summed E-state index contributed by atoms with van der Waals surface area (Å²) in [6.07, 6.45) is 0. The van der Waals surface area contributed by atoms with Gasteiger partial charge in [0.15, 0.2) is 0 Å². The number of aromatic nitrogens is 1. The van der Waals surface area contributed by atoms with E-state index in [2.05, 4.69) is 48.5 Å². The molecule has 4 aromatic rings. The van der Waals surface area contributed by atoms with E-state index in [0.717, 1.165) is 39.9 Å². The van der Waals surface area contributed by atoms with Crippen molar-refractivity contribution in [2.75, 3.05) is 7.05 Å². The van der Waals surface area contributed by atoms with Crippen molar-refractivity contribution in [2.24, 2.45) is 4.99 Å². The Balaban J connectivity index is 1.84. The second kappa shape index (κ2) is 8.37. The van der Waals surface area contributed by atoms with E-state index in [0.29, 0.717) is 0 Å². The van der Waals surface area contributed by atoms with E-state index >= 15 is 0 Å². The number of aliphatic imine (C=N–C) groups is 1. The monoisotopic (exact) mass is 416 g/mol. The Morgan fingerprint density at radius 1 is 1.00 bits per heavy atom. The van der Waals surface area contributed by atoms with Crippen molar-refractivity contribution in [1.82, 2.24) is 4.57 Å². The summed E-state index contributed by atoms with van der Waals surface area (Å²) in [5.41, 5.74) is 6.82. The highest BCUT2D eigenvalue weighted by Gasteiger charge is 2.19. The number of hydrogen-bond acceptors (Lipinski definition) is 2. The maximum absolute atomic E-state index is 6.54. The van der Waals surface area contributed by atoms with Crippen molar-refractivity contribution in [2.45, 2.75) is 27.3 Å². The van der Waals surface area contributed by atoms with E-state index in [9.17, 15) is 0 Å². The standard InChI is InChI=1S/C26H25ClN2O/c1-5-29-25(18(3)28-4)17(2)23-15-20(27)16-24(26(23)29)19-11-13-22(14-12-19)30-21-9-7-6-8-10-21/h6-16H,5H2,1-4H3/b28-18-. The lowest BCUT2D eigenvalue weighted by atomic mass is 10.0. The van der Waals surface area contributed by atoms with Gasteiger partial charge < -0.3 is 9.30 Å². The summed E-state index contributed by atoms with van der Waals surface area (Å²) in [5.74, 6) is 1.63. The van der Waals surface area contributed by atoms with Gasteiger partial charge in [-0.25, -0.2) is 0 Å². The highest BCUT2D eigenvalue weighted by molar-refractivity contribution is 6.32. The molecule has 4 rings (SSSR count). The topological polar surface area (TPSA) is 26.5 Å². The average Bonchev–Trinajstić information content (AvgIpc) is 3.05. The fraction of sp³-hybridized carbons (Fsp3) is 0.192. The van der Waals surface area contributed by atoms with Crippen LogP contribution >= 0.6 is 11.6 Å². The van der Waals surface area contributed by atoms with Crippen LogP contribution in [0.15, 0.2) is 71.7 Å². The quantitative estimate of drug-likeness (QED) is 0.309. The van der Waals surface area contributed by atoms with Crippen LogP contribution in [0.4, 0.5) is 0 Å². The van der Waals surface area contributed by atoms with Crippen LogP contribution in [-0.4, -0.2) is 17.3 Å². The van der Waals surface area contributed by atoms with Gasteiger partial charge in [0.05, 0.1) is 16.9 Å². The molecule has 152 valence electrons. The predicted molar refractivity (Wildman–Crippen MR) is 127 cm³/mol. The Kier molecular flexibility index (Phi) is 5.65. The molecule has 0 amide bonds. The Morgan fingerprint density at radius 3 is 2.30 bits per heavy atom. The number of benzene rings is 3. The minimum atomic E-state index is 0.733. The molecule has 0 fully saturated rings. The van der Waals surface area contributed by atoms with Gasteiger partial charge in [-0.2, -0.15) is 0 Å². The van der Waals surface area contributed by atoms with Crippen molar-refractivity contribution >= 4 is 28.2 Å². The molecule has 0 saturated carbocycles. The molecule has 3 nitrogen and oxygen atoms in total. The first-order valence-corrected chi connectivity index (χ1v) is 10.5. The number of ether oxygens (including phenoxy) is 1. The maximum Gasteiger partial charge on any atom is 0.127 e. The van der Waals surface area contributed by atoms with Crippen LogP contribution in [0, 0.1) is 6.92 Å². The first kappa shape index (κ1) is 20.2. The maximum atomic E-state index is 6.54. The minimum Gasteiger partial charge on any atom is -0.457 e. The van der Waals surface area contributed by atoms with Gasteiger partial charge in [-0.15, -0.1) is 0 Å². The molecular formula is C26H25ClN2O. The fourth-order valence-corrected chi connectivity index (χ4v) is 4.27. The molecule has 4 heteroatoms. The summed E-state index contributed by atoms with van der Waals surface area (Å²) in [6.45, 7) is 7.23. The normalized spacial score (nSPS) is 11.8. The Bertz CT molecular complexity index is 1220. The van der Waals surface area contributed by atoms with E-state index in [4.69, 9.17) is 16.3 Å². The van der Waals surface area contributed by atoms with Gasteiger partial charge in [0.1, 0.15) is 11.5 Å². The summed E-state index contributed by atoms with van der Waals surface area (Å²) >= 11 is 6.54. The lowest BCUT2D eigenvalue weighted by molar-refractivity contribution is 0.483. The molecule has 0 spiro atoms. The third-order valence-corrected chi connectivity index (χ3v) is 5.73. The molecule has 0 saturated heterocycles. The first-order chi connectivity index (χ1) is 14.5. The lowest BCUT2D eigenvalue weighted by Crippen LogP contribution is -2.07. The zero-order valence-corrected chi connectivity index (χ0v) is 18.5. The predicted octanol–water partition coefficient (Wildman–Crippen LogP) is 7.52. The number of halogens is 1. The van der Waals surface area contributed by atoms with Crippen molar-refractivity contribution in [3.8, 4) is 22.6 Å². The van der Waals surface area contributed by atoms with Gasteiger partial charge in [0, 0.05) is 29.6 Å². The third kappa shape index (κ3) is 3.61. The SMILES string of the molecule is CCn1c(/C(C)=N\C)c(C)c2cc(Cl)cc(-c3ccc(Oc4ccccc4)cc3)c21. The Morgan fingerprint density at radius 2 is 1.67 bits per heavy atom. The summed E-state index contributed by atoms with van der Waals surface area (Å²) in [4.78, 5) is 4.45. The van der Waals surface area contributed by atoms with Crippen LogP contribution in [-0.2, 0) is 6.54 Å². The van der Waals surface area contributed by atoms with Crippen molar-refractivity contribution in [1.29, 1.82) is 0 Å². The van der Waals surface area contributed by atoms with Crippen LogP contribution < -0.4 is 4.74 Å². The fourth-order valence-electron chi connectivity index (χ4n) is 4.05. The van der Waals surface area contributed by atoms with Gasteiger partial charge in [-0.05, 0) is 68.3 Å². The smallest absolute Gasteiger partial charge is 0.127 e. The average molecular weight is 417 g/mol. The zero-order valence-electron chi connectivity index (χ0n) is 17.7. The van der Waals surface area contributed by atoms with Crippen LogP contribution in [0.2, 0.25) is 5.02 Å². The molecule has 0 aliphatic carbocycles.